The first-order chi connectivity index (χ1) is 6.48. The Morgan fingerprint density at radius 1 is 1.29 bits per heavy atom. The molecule has 1 aliphatic carbocycles. The van der Waals surface area contributed by atoms with Gasteiger partial charge in [0, 0.05) is 7.11 Å². The van der Waals surface area contributed by atoms with Crippen LogP contribution >= 0.6 is 0 Å². The maximum absolute atomic E-state index is 10.4. The van der Waals surface area contributed by atoms with E-state index in [0.29, 0.717) is 5.92 Å². The Labute approximate surface area is 87.7 Å². The molecule has 2 unspecified atom stereocenters. The maximum atomic E-state index is 10.4. The van der Waals surface area contributed by atoms with Gasteiger partial charge in [0.25, 0.3) is 0 Å². The molecule has 2 nitrogen and oxygen atoms in total. The average molecular weight is 200 g/mol. The summed E-state index contributed by atoms with van der Waals surface area (Å²) >= 11 is 0. The number of methoxy groups -OCH3 is 1. The molecule has 1 rings (SSSR count). The van der Waals surface area contributed by atoms with Crippen molar-refractivity contribution >= 4 is 0 Å². The van der Waals surface area contributed by atoms with Crippen LogP contribution in [0.4, 0.5) is 0 Å². The van der Waals surface area contributed by atoms with E-state index in [1.165, 1.54) is 12.8 Å². The minimum atomic E-state index is -0.658. The molecule has 0 aromatic carbocycles. The molecule has 14 heavy (non-hydrogen) atoms. The van der Waals surface area contributed by atoms with Crippen molar-refractivity contribution in [2.24, 2.45) is 11.8 Å². The zero-order chi connectivity index (χ0) is 10.8. The van der Waals surface area contributed by atoms with Crippen molar-refractivity contribution in [1.29, 1.82) is 0 Å². The standard InChI is InChI=1S/C12H24O2/c1-9-5-7-11(8-6-9)12(3,13)10(2)14-4/h9-11,13H,5-8H2,1-4H3. The van der Waals surface area contributed by atoms with Crippen LogP contribution in [-0.4, -0.2) is 23.9 Å². The highest BCUT2D eigenvalue weighted by Crippen LogP contribution is 2.37. The minimum absolute atomic E-state index is 0.0686. The van der Waals surface area contributed by atoms with Gasteiger partial charge in [-0.05, 0) is 38.5 Å². The van der Waals surface area contributed by atoms with Crippen molar-refractivity contribution in [2.45, 2.75) is 58.2 Å². The van der Waals surface area contributed by atoms with Gasteiger partial charge in [0.2, 0.25) is 0 Å². The lowest BCUT2D eigenvalue weighted by Crippen LogP contribution is -2.46. The quantitative estimate of drug-likeness (QED) is 0.759. The van der Waals surface area contributed by atoms with Gasteiger partial charge in [0.1, 0.15) is 0 Å². The zero-order valence-corrected chi connectivity index (χ0v) is 9.92. The highest BCUT2D eigenvalue weighted by atomic mass is 16.5. The third kappa shape index (κ3) is 2.48. The summed E-state index contributed by atoms with van der Waals surface area (Å²) in [6, 6.07) is 0. The summed E-state index contributed by atoms with van der Waals surface area (Å²) in [4.78, 5) is 0. The SMILES string of the molecule is COC(C)C(C)(O)C1CCC(C)CC1. The molecule has 0 bridgehead atoms. The summed E-state index contributed by atoms with van der Waals surface area (Å²) in [5.74, 6) is 1.24. The van der Waals surface area contributed by atoms with Crippen LogP contribution < -0.4 is 0 Å². The van der Waals surface area contributed by atoms with Crippen molar-refractivity contribution in [1.82, 2.24) is 0 Å². The molecule has 84 valence electrons. The number of hydrogen-bond acceptors (Lipinski definition) is 2. The van der Waals surface area contributed by atoms with Gasteiger partial charge in [0.05, 0.1) is 11.7 Å². The summed E-state index contributed by atoms with van der Waals surface area (Å²) < 4.78 is 5.25. The Balaban J connectivity index is 2.54. The van der Waals surface area contributed by atoms with E-state index in [9.17, 15) is 5.11 Å². The topological polar surface area (TPSA) is 29.5 Å². The van der Waals surface area contributed by atoms with Crippen molar-refractivity contribution in [3.05, 3.63) is 0 Å². The predicted molar refractivity (Wildman–Crippen MR) is 58.2 cm³/mol. The van der Waals surface area contributed by atoms with Crippen LogP contribution in [0.3, 0.4) is 0 Å². The van der Waals surface area contributed by atoms with E-state index in [-0.39, 0.29) is 6.10 Å². The van der Waals surface area contributed by atoms with Crippen LogP contribution in [0, 0.1) is 11.8 Å². The van der Waals surface area contributed by atoms with Gasteiger partial charge in [0.15, 0.2) is 0 Å². The Bertz CT molecular complexity index is 169. The van der Waals surface area contributed by atoms with Crippen LogP contribution in [0.1, 0.15) is 46.5 Å². The lowest BCUT2D eigenvalue weighted by atomic mass is 9.73. The normalized spacial score (nSPS) is 34.9. The monoisotopic (exact) mass is 200 g/mol. The maximum Gasteiger partial charge on any atom is 0.0905 e. The number of rotatable bonds is 3. The van der Waals surface area contributed by atoms with E-state index in [0.717, 1.165) is 18.8 Å². The molecular formula is C12H24O2. The van der Waals surface area contributed by atoms with Gasteiger partial charge in [-0.1, -0.05) is 19.8 Å². The predicted octanol–water partition coefficient (Wildman–Crippen LogP) is 2.60. The zero-order valence-electron chi connectivity index (χ0n) is 9.92. The van der Waals surface area contributed by atoms with Gasteiger partial charge in [-0.15, -0.1) is 0 Å². The molecule has 1 aliphatic rings. The fourth-order valence-corrected chi connectivity index (χ4v) is 2.42. The summed E-state index contributed by atoms with van der Waals surface area (Å²) in [7, 11) is 1.67. The number of ether oxygens (including phenoxy) is 1. The lowest BCUT2D eigenvalue weighted by molar-refractivity contribution is -0.118. The first-order valence-electron chi connectivity index (χ1n) is 5.73. The van der Waals surface area contributed by atoms with Crippen LogP contribution in [0.2, 0.25) is 0 Å². The highest BCUT2D eigenvalue weighted by Gasteiger charge is 2.38. The van der Waals surface area contributed by atoms with E-state index >= 15 is 0 Å². The molecule has 0 aromatic heterocycles. The summed E-state index contributed by atoms with van der Waals surface area (Å²) in [6.45, 7) is 6.17. The van der Waals surface area contributed by atoms with Gasteiger partial charge in [-0.2, -0.15) is 0 Å². The summed E-state index contributed by atoms with van der Waals surface area (Å²) in [5, 5.41) is 10.4. The van der Waals surface area contributed by atoms with Crippen LogP contribution in [0.25, 0.3) is 0 Å². The summed E-state index contributed by atoms with van der Waals surface area (Å²) in [5.41, 5.74) is -0.658. The van der Waals surface area contributed by atoms with Gasteiger partial charge in [-0.25, -0.2) is 0 Å². The second kappa shape index (κ2) is 4.63. The molecule has 0 saturated heterocycles. The Morgan fingerprint density at radius 2 is 1.79 bits per heavy atom. The van der Waals surface area contributed by atoms with E-state index in [1.54, 1.807) is 7.11 Å². The van der Waals surface area contributed by atoms with Crippen molar-refractivity contribution in [2.75, 3.05) is 7.11 Å². The highest BCUT2D eigenvalue weighted by molar-refractivity contribution is 4.89. The first kappa shape index (κ1) is 12.0. The van der Waals surface area contributed by atoms with E-state index in [2.05, 4.69) is 6.92 Å². The molecule has 1 N–H and O–H groups in total. The molecule has 0 aromatic rings. The second-order valence-corrected chi connectivity index (χ2v) is 5.06. The smallest absolute Gasteiger partial charge is 0.0905 e. The van der Waals surface area contributed by atoms with Crippen molar-refractivity contribution in [3.8, 4) is 0 Å². The average Bonchev–Trinajstić information content (AvgIpc) is 2.17. The van der Waals surface area contributed by atoms with Crippen LogP contribution in [-0.2, 0) is 4.74 Å². The largest absolute Gasteiger partial charge is 0.387 e. The molecule has 0 spiro atoms. The third-order valence-corrected chi connectivity index (χ3v) is 4.02. The molecule has 1 saturated carbocycles. The Kier molecular flexibility index (Phi) is 3.96. The van der Waals surface area contributed by atoms with Gasteiger partial charge in [-0.3, -0.25) is 0 Å². The molecule has 2 atom stereocenters. The number of aliphatic hydroxyl groups is 1. The van der Waals surface area contributed by atoms with Crippen molar-refractivity contribution in [3.63, 3.8) is 0 Å². The second-order valence-electron chi connectivity index (χ2n) is 5.06. The first-order valence-corrected chi connectivity index (χ1v) is 5.73. The lowest BCUT2D eigenvalue weighted by Gasteiger charge is -2.40. The van der Waals surface area contributed by atoms with Gasteiger partial charge < -0.3 is 9.84 Å². The summed E-state index contributed by atoms with van der Waals surface area (Å²) in [6.07, 6.45) is 4.71. The Morgan fingerprint density at radius 3 is 2.21 bits per heavy atom. The fourth-order valence-electron chi connectivity index (χ4n) is 2.42. The van der Waals surface area contributed by atoms with Gasteiger partial charge >= 0.3 is 0 Å². The van der Waals surface area contributed by atoms with E-state index < -0.39 is 5.60 Å². The molecule has 2 heteroatoms. The Hall–Kier alpha value is -0.0800. The van der Waals surface area contributed by atoms with Crippen LogP contribution in [0.15, 0.2) is 0 Å². The molecule has 0 radical (unpaired) electrons. The van der Waals surface area contributed by atoms with Crippen molar-refractivity contribution < 1.29 is 9.84 Å². The number of hydrogen-bond donors (Lipinski definition) is 1. The van der Waals surface area contributed by atoms with Crippen LogP contribution in [0.5, 0.6) is 0 Å². The molecule has 1 fully saturated rings. The molecular weight excluding hydrogens is 176 g/mol. The molecule has 0 aliphatic heterocycles. The van der Waals surface area contributed by atoms with E-state index in [4.69, 9.17) is 4.74 Å². The minimum Gasteiger partial charge on any atom is -0.387 e. The van der Waals surface area contributed by atoms with E-state index in [1.807, 2.05) is 13.8 Å². The third-order valence-electron chi connectivity index (χ3n) is 4.02. The molecule has 0 amide bonds. The fraction of sp³-hybridized carbons (Fsp3) is 1.00. The molecule has 0 heterocycles.